The number of alkyl halides is 1. The summed E-state index contributed by atoms with van der Waals surface area (Å²) in [5, 5.41) is 3.20. The summed E-state index contributed by atoms with van der Waals surface area (Å²) in [6, 6.07) is 4.73. The highest BCUT2D eigenvalue weighted by Crippen LogP contribution is 2.28. The molecule has 2 saturated heterocycles. The molecule has 5 rings (SSSR count). The van der Waals surface area contributed by atoms with E-state index >= 15 is 0 Å². The highest BCUT2D eigenvalue weighted by atomic mass is 19.1. The molecule has 0 bridgehead atoms. The zero-order valence-corrected chi connectivity index (χ0v) is 19.3. The van der Waals surface area contributed by atoms with E-state index in [0.717, 1.165) is 30.8 Å². The van der Waals surface area contributed by atoms with E-state index in [1.54, 1.807) is 36.1 Å². The Labute approximate surface area is 196 Å². The summed E-state index contributed by atoms with van der Waals surface area (Å²) in [6.07, 6.45) is 5.17. The number of ether oxygens (including phenoxy) is 1. The molecule has 0 radical (unpaired) electrons. The molecule has 34 heavy (non-hydrogen) atoms. The number of pyridine rings is 1. The smallest absolute Gasteiger partial charge is 0.222 e. The topological polar surface area (TPSA) is 55.2 Å². The monoisotopic (exact) mass is 471 g/mol. The molecule has 3 aromatic rings. The first-order valence-corrected chi connectivity index (χ1v) is 11.6. The van der Waals surface area contributed by atoms with E-state index in [9.17, 15) is 13.2 Å². The molecule has 1 aromatic carbocycles. The molecular weight excluding hydrogens is 443 g/mol. The lowest BCUT2D eigenvalue weighted by atomic mass is 10.0. The van der Waals surface area contributed by atoms with Crippen molar-refractivity contribution in [3.05, 3.63) is 59.8 Å². The molecule has 2 aliphatic rings. The van der Waals surface area contributed by atoms with Crippen molar-refractivity contribution in [3.8, 4) is 16.9 Å². The Morgan fingerprint density at radius 2 is 1.94 bits per heavy atom. The number of hydrogen-bond acceptors (Lipinski definition) is 5. The van der Waals surface area contributed by atoms with Gasteiger partial charge in [-0.25, -0.2) is 18.7 Å². The Balaban J connectivity index is 1.32. The first-order chi connectivity index (χ1) is 16.4. The number of aromatic nitrogens is 3. The number of benzene rings is 1. The third-order valence-electron chi connectivity index (χ3n) is 6.80. The highest BCUT2D eigenvalue weighted by Gasteiger charge is 2.34. The lowest BCUT2D eigenvalue weighted by molar-refractivity contribution is 0.0789. The van der Waals surface area contributed by atoms with Gasteiger partial charge in [-0.15, -0.1) is 0 Å². The number of anilines is 1. The van der Waals surface area contributed by atoms with E-state index in [1.807, 2.05) is 6.92 Å². The standard InChI is InChI=1S/C25H28F3N5O/c1-15-8-24(16(2)7-20(15)26)33-12-23(30-14-33)19-9-17(10-29-25(19)28)31-22-3-5-32(11-21(22)27)18-4-6-34-13-18/h7-10,12,14,18,21-22,31H,3-6,11,13H2,1-2H3. The SMILES string of the molecule is Cc1cc(-n2cnc(-c3cc(NC4CCN(C5CCOC5)CC4F)cnc3F)c2)c(C)cc1F. The zero-order chi connectivity index (χ0) is 23.8. The lowest BCUT2D eigenvalue weighted by Crippen LogP contribution is -2.51. The molecule has 2 aromatic heterocycles. The normalized spacial score (nSPS) is 23.4. The average molecular weight is 472 g/mol. The third kappa shape index (κ3) is 4.54. The highest BCUT2D eigenvalue weighted by molar-refractivity contribution is 5.64. The summed E-state index contributed by atoms with van der Waals surface area (Å²) in [6.45, 7) is 6.05. The van der Waals surface area contributed by atoms with Gasteiger partial charge in [-0.3, -0.25) is 4.90 Å². The number of rotatable bonds is 5. The van der Waals surface area contributed by atoms with Gasteiger partial charge < -0.3 is 14.6 Å². The quantitative estimate of drug-likeness (QED) is 0.558. The summed E-state index contributed by atoms with van der Waals surface area (Å²) >= 11 is 0. The lowest BCUT2D eigenvalue weighted by Gasteiger charge is -2.38. The van der Waals surface area contributed by atoms with E-state index in [0.29, 0.717) is 42.6 Å². The largest absolute Gasteiger partial charge is 0.380 e. The van der Waals surface area contributed by atoms with Gasteiger partial charge in [0.25, 0.3) is 0 Å². The minimum Gasteiger partial charge on any atom is -0.380 e. The summed E-state index contributed by atoms with van der Waals surface area (Å²) in [5.74, 6) is -0.931. The van der Waals surface area contributed by atoms with E-state index in [1.165, 1.54) is 12.3 Å². The summed E-state index contributed by atoms with van der Waals surface area (Å²) in [4.78, 5) is 10.4. The number of nitrogens with one attached hydrogen (secondary N) is 1. The maximum absolute atomic E-state index is 14.9. The van der Waals surface area contributed by atoms with Gasteiger partial charge in [0.15, 0.2) is 0 Å². The molecule has 0 spiro atoms. The number of hydrogen-bond donors (Lipinski definition) is 1. The van der Waals surface area contributed by atoms with Gasteiger partial charge in [-0.2, -0.15) is 4.39 Å². The summed E-state index contributed by atoms with van der Waals surface area (Å²) in [5.41, 5.74) is 3.18. The molecule has 6 nitrogen and oxygen atoms in total. The maximum atomic E-state index is 14.9. The van der Waals surface area contributed by atoms with Crippen LogP contribution in [0.4, 0.5) is 18.9 Å². The number of imidazole rings is 1. The number of aryl methyl sites for hydroxylation is 2. The Morgan fingerprint density at radius 3 is 2.71 bits per heavy atom. The second kappa shape index (κ2) is 9.38. The van der Waals surface area contributed by atoms with Gasteiger partial charge >= 0.3 is 0 Å². The Hall–Kier alpha value is -2.91. The summed E-state index contributed by atoms with van der Waals surface area (Å²) in [7, 11) is 0. The molecule has 3 unspecified atom stereocenters. The molecule has 0 saturated carbocycles. The van der Waals surface area contributed by atoms with Crippen LogP contribution in [0.1, 0.15) is 24.0 Å². The molecule has 1 N–H and O–H groups in total. The van der Waals surface area contributed by atoms with Crippen LogP contribution in [0.25, 0.3) is 16.9 Å². The van der Waals surface area contributed by atoms with Crippen LogP contribution >= 0.6 is 0 Å². The molecule has 9 heteroatoms. The van der Waals surface area contributed by atoms with Gasteiger partial charge in [-0.05, 0) is 56.0 Å². The fourth-order valence-electron chi connectivity index (χ4n) is 4.79. The van der Waals surface area contributed by atoms with Crippen molar-refractivity contribution < 1.29 is 17.9 Å². The molecule has 0 amide bonds. The Morgan fingerprint density at radius 1 is 1.09 bits per heavy atom. The average Bonchev–Trinajstić information content (AvgIpc) is 3.51. The molecule has 4 heterocycles. The first kappa shape index (κ1) is 22.9. The number of piperidine rings is 1. The zero-order valence-electron chi connectivity index (χ0n) is 19.3. The second-order valence-electron chi connectivity index (χ2n) is 9.18. The minimum absolute atomic E-state index is 0.219. The fraction of sp³-hybridized carbons (Fsp3) is 0.440. The molecule has 0 aliphatic carbocycles. The molecule has 2 fully saturated rings. The van der Waals surface area contributed by atoms with Gasteiger partial charge in [0.2, 0.25) is 5.95 Å². The van der Waals surface area contributed by atoms with Crippen LogP contribution in [-0.4, -0.2) is 64.0 Å². The van der Waals surface area contributed by atoms with Crippen molar-refractivity contribution in [1.29, 1.82) is 0 Å². The predicted molar refractivity (Wildman–Crippen MR) is 124 cm³/mol. The molecular formula is C25H28F3N5O. The predicted octanol–water partition coefficient (Wildman–Crippen LogP) is 4.44. The summed E-state index contributed by atoms with van der Waals surface area (Å²) < 4.78 is 50.6. The molecule has 180 valence electrons. The molecule has 2 aliphatic heterocycles. The second-order valence-corrected chi connectivity index (χ2v) is 9.18. The van der Waals surface area contributed by atoms with E-state index in [-0.39, 0.29) is 17.4 Å². The van der Waals surface area contributed by atoms with Crippen LogP contribution in [0.2, 0.25) is 0 Å². The Kier molecular flexibility index (Phi) is 6.31. The van der Waals surface area contributed by atoms with Crippen molar-refractivity contribution >= 4 is 5.69 Å². The number of nitrogens with zero attached hydrogens (tertiary/aromatic N) is 4. The third-order valence-corrected chi connectivity index (χ3v) is 6.80. The van der Waals surface area contributed by atoms with Crippen molar-refractivity contribution in [2.45, 2.75) is 44.9 Å². The number of halogens is 3. The first-order valence-electron chi connectivity index (χ1n) is 11.6. The van der Waals surface area contributed by atoms with Crippen molar-refractivity contribution in [3.63, 3.8) is 0 Å². The van der Waals surface area contributed by atoms with Crippen molar-refractivity contribution in [1.82, 2.24) is 19.4 Å². The maximum Gasteiger partial charge on any atom is 0.222 e. The van der Waals surface area contributed by atoms with E-state index in [4.69, 9.17) is 4.74 Å². The molecule has 3 atom stereocenters. The van der Waals surface area contributed by atoms with Crippen molar-refractivity contribution in [2.75, 3.05) is 31.6 Å². The van der Waals surface area contributed by atoms with Gasteiger partial charge in [-0.1, -0.05) is 0 Å². The number of likely N-dealkylation sites (tertiary alicyclic amines) is 1. The van der Waals surface area contributed by atoms with Gasteiger partial charge in [0, 0.05) is 37.6 Å². The van der Waals surface area contributed by atoms with Crippen molar-refractivity contribution in [2.24, 2.45) is 0 Å². The Bertz CT molecular complexity index is 1180. The van der Waals surface area contributed by atoms with Gasteiger partial charge in [0.05, 0.1) is 42.1 Å². The van der Waals surface area contributed by atoms with E-state index in [2.05, 4.69) is 20.2 Å². The van der Waals surface area contributed by atoms with Crippen LogP contribution in [0, 0.1) is 25.6 Å². The van der Waals surface area contributed by atoms with Crippen LogP contribution < -0.4 is 5.32 Å². The fourth-order valence-corrected chi connectivity index (χ4v) is 4.79. The van der Waals surface area contributed by atoms with Crippen LogP contribution in [0.15, 0.2) is 36.9 Å². The van der Waals surface area contributed by atoms with Crippen LogP contribution in [0.5, 0.6) is 0 Å². The van der Waals surface area contributed by atoms with Gasteiger partial charge in [0.1, 0.15) is 12.0 Å². The van der Waals surface area contributed by atoms with Crippen LogP contribution in [0.3, 0.4) is 0 Å². The van der Waals surface area contributed by atoms with E-state index < -0.39 is 12.1 Å². The van der Waals surface area contributed by atoms with Crippen LogP contribution in [-0.2, 0) is 4.74 Å². The minimum atomic E-state index is -1.05.